The number of carbonyl (C=O) groups is 1. The van der Waals surface area contributed by atoms with Crippen molar-refractivity contribution in [3.63, 3.8) is 0 Å². The molecule has 3 rings (SSSR count). The minimum atomic E-state index is -0.257. The van der Waals surface area contributed by atoms with Crippen molar-refractivity contribution in [1.82, 2.24) is 4.90 Å². The maximum Gasteiger partial charge on any atom is 0.410 e. The number of piperidine rings is 1. The van der Waals surface area contributed by atoms with Crippen LogP contribution < -0.4 is 0 Å². The molecule has 2 atom stereocenters. The van der Waals surface area contributed by atoms with Crippen LogP contribution in [0, 0.1) is 0 Å². The summed E-state index contributed by atoms with van der Waals surface area (Å²) in [5.74, 6) is 0. The van der Waals surface area contributed by atoms with Gasteiger partial charge in [0.15, 0.2) is 0 Å². The summed E-state index contributed by atoms with van der Waals surface area (Å²) < 4.78 is 27.7. The van der Waals surface area contributed by atoms with E-state index in [4.69, 9.17) is 23.7 Å². The lowest BCUT2D eigenvalue weighted by atomic mass is 10.1. The second kappa shape index (κ2) is 10.6. The van der Waals surface area contributed by atoms with E-state index >= 15 is 0 Å². The Kier molecular flexibility index (Phi) is 7.89. The number of hydrogen-bond acceptors (Lipinski definition) is 6. The molecule has 27 heavy (non-hydrogen) atoms. The first-order chi connectivity index (χ1) is 13.3. The highest BCUT2D eigenvalue weighted by atomic mass is 16.6. The van der Waals surface area contributed by atoms with Gasteiger partial charge in [0, 0.05) is 20.2 Å². The third kappa shape index (κ3) is 6.17. The van der Waals surface area contributed by atoms with Crippen LogP contribution in [-0.4, -0.2) is 75.9 Å². The summed E-state index contributed by atoms with van der Waals surface area (Å²) in [7, 11) is 1.67. The Labute approximate surface area is 160 Å². The topological polar surface area (TPSA) is 66.5 Å². The lowest BCUT2D eigenvalue weighted by Gasteiger charge is -2.31. The zero-order chi connectivity index (χ0) is 18.9. The first-order valence-corrected chi connectivity index (χ1v) is 9.55. The van der Waals surface area contributed by atoms with Crippen LogP contribution in [0.4, 0.5) is 4.79 Å². The quantitative estimate of drug-likeness (QED) is 0.646. The van der Waals surface area contributed by atoms with Gasteiger partial charge in [-0.25, -0.2) is 4.79 Å². The van der Waals surface area contributed by atoms with Gasteiger partial charge in [0.2, 0.25) is 0 Å². The smallest absolute Gasteiger partial charge is 0.410 e. The predicted octanol–water partition coefficient (Wildman–Crippen LogP) is 2.23. The van der Waals surface area contributed by atoms with Crippen molar-refractivity contribution in [3.8, 4) is 0 Å². The van der Waals surface area contributed by atoms with Gasteiger partial charge in [-0.1, -0.05) is 30.3 Å². The highest BCUT2D eigenvalue weighted by Gasteiger charge is 2.29. The molecule has 0 aliphatic carbocycles. The van der Waals surface area contributed by atoms with Crippen LogP contribution >= 0.6 is 0 Å². The van der Waals surface area contributed by atoms with Gasteiger partial charge in [-0.15, -0.1) is 0 Å². The molecule has 2 fully saturated rings. The highest BCUT2D eigenvalue weighted by Crippen LogP contribution is 2.16. The Morgan fingerprint density at radius 2 is 1.78 bits per heavy atom. The average molecular weight is 379 g/mol. The summed E-state index contributed by atoms with van der Waals surface area (Å²) >= 11 is 0. The maximum absolute atomic E-state index is 12.2. The average Bonchev–Trinajstić information content (AvgIpc) is 3.18. The monoisotopic (exact) mass is 379 g/mol. The number of likely N-dealkylation sites (tertiary alicyclic amines) is 1. The molecule has 2 aliphatic heterocycles. The molecule has 0 radical (unpaired) electrons. The Hall–Kier alpha value is -1.67. The molecule has 0 saturated carbocycles. The summed E-state index contributed by atoms with van der Waals surface area (Å²) in [4.78, 5) is 13.9. The first kappa shape index (κ1) is 20.1. The second-order valence-corrected chi connectivity index (χ2v) is 6.82. The van der Waals surface area contributed by atoms with Gasteiger partial charge in [0.25, 0.3) is 0 Å². The molecular formula is C20H29NO6. The molecule has 1 amide bonds. The van der Waals surface area contributed by atoms with Gasteiger partial charge in [-0.2, -0.15) is 0 Å². The maximum atomic E-state index is 12.2. The molecular weight excluding hydrogens is 350 g/mol. The van der Waals surface area contributed by atoms with E-state index in [0.29, 0.717) is 46.1 Å². The van der Waals surface area contributed by atoms with Gasteiger partial charge in [0.05, 0.1) is 32.5 Å². The van der Waals surface area contributed by atoms with Crippen LogP contribution in [0.1, 0.15) is 18.4 Å². The SMILES string of the molecule is CO[C@H]1COC[C@@H]1OCCOC1CCN(C(=O)OCc2ccccc2)CC1. The summed E-state index contributed by atoms with van der Waals surface area (Å²) in [5.41, 5.74) is 0.993. The van der Waals surface area contributed by atoms with Gasteiger partial charge in [-0.05, 0) is 18.4 Å². The number of hydrogen-bond donors (Lipinski definition) is 0. The van der Waals surface area contributed by atoms with E-state index in [1.54, 1.807) is 12.0 Å². The van der Waals surface area contributed by atoms with Crippen molar-refractivity contribution in [3.05, 3.63) is 35.9 Å². The van der Waals surface area contributed by atoms with Crippen molar-refractivity contribution in [2.45, 2.75) is 37.8 Å². The molecule has 1 aromatic rings. The van der Waals surface area contributed by atoms with E-state index in [1.165, 1.54) is 0 Å². The fourth-order valence-electron chi connectivity index (χ4n) is 3.32. The number of benzene rings is 1. The fourth-order valence-corrected chi connectivity index (χ4v) is 3.32. The van der Waals surface area contributed by atoms with Crippen molar-refractivity contribution < 1.29 is 28.5 Å². The largest absolute Gasteiger partial charge is 0.445 e. The van der Waals surface area contributed by atoms with E-state index in [0.717, 1.165) is 18.4 Å². The van der Waals surface area contributed by atoms with Gasteiger partial charge >= 0.3 is 6.09 Å². The van der Waals surface area contributed by atoms with Crippen molar-refractivity contribution in [1.29, 1.82) is 0 Å². The van der Waals surface area contributed by atoms with E-state index in [9.17, 15) is 4.79 Å². The van der Waals surface area contributed by atoms with E-state index in [1.807, 2.05) is 30.3 Å². The molecule has 0 N–H and O–H groups in total. The fraction of sp³-hybridized carbons (Fsp3) is 0.650. The molecule has 0 unspecified atom stereocenters. The van der Waals surface area contributed by atoms with Crippen molar-refractivity contribution in [2.75, 3.05) is 46.6 Å². The Morgan fingerprint density at radius 1 is 1.07 bits per heavy atom. The van der Waals surface area contributed by atoms with Crippen LogP contribution in [0.25, 0.3) is 0 Å². The van der Waals surface area contributed by atoms with Crippen LogP contribution in [0.3, 0.4) is 0 Å². The van der Waals surface area contributed by atoms with E-state index < -0.39 is 0 Å². The molecule has 0 aromatic heterocycles. The van der Waals surface area contributed by atoms with Crippen LogP contribution in [0.15, 0.2) is 30.3 Å². The Balaban J connectivity index is 1.27. The summed E-state index contributed by atoms with van der Waals surface area (Å²) in [5, 5.41) is 0. The minimum Gasteiger partial charge on any atom is -0.445 e. The number of nitrogens with zero attached hydrogens (tertiary/aromatic N) is 1. The van der Waals surface area contributed by atoms with E-state index in [2.05, 4.69) is 0 Å². The lowest BCUT2D eigenvalue weighted by molar-refractivity contribution is -0.0661. The summed E-state index contributed by atoms with van der Waals surface area (Å²) in [6.45, 7) is 3.83. The molecule has 150 valence electrons. The van der Waals surface area contributed by atoms with Gasteiger partial charge in [-0.3, -0.25) is 0 Å². The van der Waals surface area contributed by atoms with Gasteiger partial charge < -0.3 is 28.6 Å². The zero-order valence-electron chi connectivity index (χ0n) is 15.9. The Bertz CT molecular complexity index is 561. The van der Waals surface area contributed by atoms with E-state index in [-0.39, 0.29) is 24.4 Å². The number of ether oxygens (including phenoxy) is 5. The molecule has 2 heterocycles. The summed E-state index contributed by atoms with van der Waals surface area (Å²) in [6.07, 6.45) is 1.52. The Morgan fingerprint density at radius 3 is 2.52 bits per heavy atom. The second-order valence-electron chi connectivity index (χ2n) is 6.82. The molecule has 7 heteroatoms. The molecule has 0 spiro atoms. The summed E-state index contributed by atoms with van der Waals surface area (Å²) in [6, 6.07) is 9.71. The number of carbonyl (C=O) groups excluding carboxylic acids is 1. The van der Waals surface area contributed by atoms with Crippen LogP contribution in [0.5, 0.6) is 0 Å². The van der Waals surface area contributed by atoms with Crippen molar-refractivity contribution >= 4 is 6.09 Å². The molecule has 2 saturated heterocycles. The minimum absolute atomic E-state index is 0.00939. The zero-order valence-corrected chi connectivity index (χ0v) is 15.9. The number of methoxy groups -OCH3 is 1. The normalized spacial score (nSPS) is 23.5. The number of amides is 1. The van der Waals surface area contributed by atoms with Crippen LogP contribution in [0.2, 0.25) is 0 Å². The first-order valence-electron chi connectivity index (χ1n) is 9.55. The molecule has 0 bridgehead atoms. The van der Waals surface area contributed by atoms with Crippen LogP contribution in [-0.2, 0) is 30.3 Å². The van der Waals surface area contributed by atoms with Gasteiger partial charge in [0.1, 0.15) is 18.8 Å². The third-order valence-corrected chi connectivity index (χ3v) is 4.96. The number of rotatable bonds is 8. The molecule has 7 nitrogen and oxygen atoms in total. The predicted molar refractivity (Wildman–Crippen MR) is 98.5 cm³/mol. The lowest BCUT2D eigenvalue weighted by Crippen LogP contribution is -2.41. The van der Waals surface area contributed by atoms with Crippen molar-refractivity contribution in [2.24, 2.45) is 0 Å². The third-order valence-electron chi connectivity index (χ3n) is 4.96. The molecule has 2 aliphatic rings. The highest BCUT2D eigenvalue weighted by molar-refractivity contribution is 5.67. The standard InChI is InChI=1S/C20H29NO6/c1-23-18-14-24-15-19(18)26-12-11-25-17-7-9-21(10-8-17)20(22)27-13-16-5-3-2-4-6-16/h2-6,17-19H,7-15H2,1H3/t18-,19-/m0/s1. The molecule has 1 aromatic carbocycles.